The summed E-state index contributed by atoms with van der Waals surface area (Å²) in [5.74, 6) is -10.9. The molecule has 0 aromatic carbocycles. The summed E-state index contributed by atoms with van der Waals surface area (Å²) in [5.41, 5.74) is 0.873. The first kappa shape index (κ1) is 39.7. The minimum absolute atomic E-state index is 0.0826. The Kier molecular flexibility index (Phi) is 13.7. The third-order valence-corrected chi connectivity index (χ3v) is 6.25. The second-order valence-electron chi connectivity index (χ2n) is 9.56. The molecule has 2 fully saturated rings. The summed E-state index contributed by atoms with van der Waals surface area (Å²) in [6.45, 7) is 2.49. The van der Waals surface area contributed by atoms with Gasteiger partial charge in [-0.15, -0.1) is 0 Å². The Balaban J connectivity index is 0.000000413. The van der Waals surface area contributed by atoms with E-state index in [-0.39, 0.29) is 6.42 Å². The zero-order chi connectivity index (χ0) is 35.6. The van der Waals surface area contributed by atoms with Crippen molar-refractivity contribution >= 4 is 23.6 Å². The molecule has 2 aliphatic rings. The maximum Gasteiger partial charge on any atom is 0.490 e. The molecule has 21 heteroatoms. The zero-order valence-corrected chi connectivity index (χ0v) is 23.1. The summed E-state index contributed by atoms with van der Waals surface area (Å²) in [7, 11) is 0. The lowest BCUT2D eigenvalue weighted by molar-refractivity contribution is -0.193. The molecule has 1 spiro atoms. The maximum absolute atomic E-state index is 14.9. The molecule has 0 bridgehead atoms. The first-order chi connectivity index (χ1) is 20.9. The van der Waals surface area contributed by atoms with Gasteiger partial charge in [0.15, 0.2) is 0 Å². The number of halogens is 11. The van der Waals surface area contributed by atoms with Gasteiger partial charge in [-0.1, -0.05) is 6.07 Å². The Morgan fingerprint density at radius 1 is 0.739 bits per heavy atom. The van der Waals surface area contributed by atoms with Crippen LogP contribution < -0.4 is 4.90 Å². The smallest absolute Gasteiger partial charge is 0.475 e. The molecule has 10 nitrogen and oxygen atoms in total. The Labute approximate surface area is 252 Å². The highest BCUT2D eigenvalue weighted by Crippen LogP contribution is 2.50. The van der Waals surface area contributed by atoms with Crippen LogP contribution >= 0.6 is 0 Å². The van der Waals surface area contributed by atoms with Crippen LogP contribution in [0, 0.1) is 5.41 Å². The molecule has 2 aromatic rings. The largest absolute Gasteiger partial charge is 0.490 e. The topological polar surface area (TPSA) is 144 Å². The van der Waals surface area contributed by atoms with Crippen molar-refractivity contribution in [1.29, 1.82) is 0 Å². The van der Waals surface area contributed by atoms with Crippen molar-refractivity contribution in [3.8, 4) is 0 Å². The number of likely N-dealkylation sites (tertiary alicyclic amines) is 1. The fraction of sp³-hybridized carbons (Fsp3) is 0.480. The number of hydrogen-bond donors (Lipinski definition) is 3. The zero-order valence-electron chi connectivity index (χ0n) is 23.1. The molecule has 0 aliphatic carbocycles. The average Bonchev–Trinajstić information content (AvgIpc) is 3.37. The summed E-state index contributed by atoms with van der Waals surface area (Å²) in [4.78, 5) is 39.3. The van der Waals surface area contributed by atoms with Gasteiger partial charge in [-0.05, 0) is 30.7 Å². The van der Waals surface area contributed by atoms with Crippen molar-refractivity contribution in [2.24, 2.45) is 5.41 Å². The number of pyridine rings is 2. The number of alkyl halides is 11. The van der Waals surface area contributed by atoms with E-state index in [4.69, 9.17) is 29.7 Å². The Bertz CT molecular complexity index is 1220. The fourth-order valence-electron chi connectivity index (χ4n) is 4.10. The number of rotatable bonds is 3. The molecule has 1 unspecified atom stereocenters. The van der Waals surface area contributed by atoms with Crippen LogP contribution in [0.25, 0.3) is 0 Å². The molecule has 2 aromatic heterocycles. The van der Waals surface area contributed by atoms with Crippen molar-refractivity contribution in [3.63, 3.8) is 0 Å². The number of aliphatic carboxylic acids is 3. The van der Waals surface area contributed by atoms with Crippen molar-refractivity contribution in [2.45, 2.75) is 43.8 Å². The van der Waals surface area contributed by atoms with Gasteiger partial charge in [0, 0.05) is 51.5 Å². The van der Waals surface area contributed by atoms with Gasteiger partial charge in [0.25, 0.3) is 5.92 Å². The van der Waals surface area contributed by atoms with Gasteiger partial charge in [-0.25, -0.2) is 23.2 Å². The van der Waals surface area contributed by atoms with Gasteiger partial charge in [-0.2, -0.15) is 39.5 Å². The number of aromatic nitrogens is 2. The number of nitrogens with zero attached hydrogens (tertiary/aromatic N) is 4. The highest BCUT2D eigenvalue weighted by atomic mass is 19.4. The molecule has 0 saturated carbocycles. The van der Waals surface area contributed by atoms with Crippen LogP contribution in [0.3, 0.4) is 0 Å². The quantitative estimate of drug-likeness (QED) is 0.373. The molecule has 1 atom stereocenters. The highest BCUT2D eigenvalue weighted by Gasteiger charge is 2.59. The predicted molar refractivity (Wildman–Crippen MR) is 134 cm³/mol. The van der Waals surface area contributed by atoms with Crippen LogP contribution in [0.2, 0.25) is 0 Å². The van der Waals surface area contributed by atoms with Crippen LogP contribution in [0.1, 0.15) is 18.5 Å². The summed E-state index contributed by atoms with van der Waals surface area (Å²) in [6, 6.07) is 9.57. The normalized spacial score (nSPS) is 19.4. The average molecular weight is 686 g/mol. The van der Waals surface area contributed by atoms with Gasteiger partial charge >= 0.3 is 36.4 Å². The minimum Gasteiger partial charge on any atom is -0.475 e. The van der Waals surface area contributed by atoms with Gasteiger partial charge in [0.2, 0.25) is 0 Å². The second kappa shape index (κ2) is 15.8. The molecule has 0 amide bonds. The van der Waals surface area contributed by atoms with E-state index in [2.05, 4.69) is 14.9 Å². The van der Waals surface area contributed by atoms with Gasteiger partial charge in [-0.3, -0.25) is 14.9 Å². The Hall–Kier alpha value is -4.30. The fourth-order valence-corrected chi connectivity index (χ4v) is 4.10. The maximum atomic E-state index is 14.9. The molecule has 4 heterocycles. The van der Waals surface area contributed by atoms with E-state index in [9.17, 15) is 48.3 Å². The standard InChI is InChI=1S/C19H22F2N4.3C2HF3O2/c20-19(21)7-10-24(13-16-4-1-2-9-23-16)14-18(19)6-11-25(15-18)17-5-3-8-22-12-17;3*3-2(4,5)1(6)7/h1-5,8-9,12H,6-7,10-11,13-15H2;3*(H,6,7). The monoisotopic (exact) mass is 686 g/mol. The molecule has 3 N–H and O–H groups in total. The number of carboxylic acids is 3. The Morgan fingerprint density at radius 2 is 1.26 bits per heavy atom. The van der Waals surface area contributed by atoms with E-state index in [1.54, 1.807) is 18.6 Å². The predicted octanol–water partition coefficient (Wildman–Crippen LogP) is 5.11. The van der Waals surface area contributed by atoms with E-state index in [0.717, 1.165) is 11.4 Å². The summed E-state index contributed by atoms with van der Waals surface area (Å²) < 4.78 is 125. The van der Waals surface area contributed by atoms with E-state index in [1.807, 2.05) is 35.2 Å². The Morgan fingerprint density at radius 3 is 1.67 bits per heavy atom. The summed E-state index contributed by atoms with van der Waals surface area (Å²) in [5, 5.41) is 21.4. The summed E-state index contributed by atoms with van der Waals surface area (Å²) >= 11 is 0. The van der Waals surface area contributed by atoms with Gasteiger partial charge < -0.3 is 20.2 Å². The molecule has 0 radical (unpaired) electrons. The number of piperidine rings is 1. The molecule has 4 rings (SSSR count). The lowest BCUT2D eigenvalue weighted by Crippen LogP contribution is -2.56. The molecule has 2 saturated heterocycles. The van der Waals surface area contributed by atoms with E-state index in [1.165, 1.54) is 0 Å². The third-order valence-electron chi connectivity index (χ3n) is 6.25. The van der Waals surface area contributed by atoms with Crippen LogP contribution in [0.4, 0.5) is 54.0 Å². The van der Waals surface area contributed by atoms with Crippen molar-refractivity contribution < 1.29 is 78.0 Å². The third kappa shape index (κ3) is 12.6. The van der Waals surface area contributed by atoms with Crippen LogP contribution in [0.15, 0.2) is 48.9 Å². The van der Waals surface area contributed by atoms with Crippen LogP contribution in [-0.4, -0.2) is 98.7 Å². The second-order valence-corrected chi connectivity index (χ2v) is 9.56. The number of hydrogen-bond acceptors (Lipinski definition) is 7. The first-order valence-corrected chi connectivity index (χ1v) is 12.5. The lowest BCUT2D eigenvalue weighted by Gasteiger charge is -2.46. The number of anilines is 1. The highest BCUT2D eigenvalue weighted by molar-refractivity contribution is 5.73. The molecular formula is C25H25F11N4O6. The van der Waals surface area contributed by atoms with Crippen LogP contribution in [-0.2, 0) is 20.9 Å². The molecule has 258 valence electrons. The SMILES string of the molecule is FC1(F)CCN(Cc2ccccn2)CC12CCN(c1cccnc1)C2.O=C(O)C(F)(F)F.O=C(O)C(F)(F)F.O=C(O)C(F)(F)F. The van der Waals surface area contributed by atoms with Gasteiger partial charge in [0.05, 0.1) is 23.0 Å². The van der Waals surface area contributed by atoms with Crippen molar-refractivity contribution in [2.75, 3.05) is 31.1 Å². The van der Waals surface area contributed by atoms with Gasteiger partial charge in [0.1, 0.15) is 0 Å². The van der Waals surface area contributed by atoms with E-state index in [0.29, 0.717) is 39.1 Å². The summed E-state index contributed by atoms with van der Waals surface area (Å²) in [6.07, 6.45) is -9.61. The van der Waals surface area contributed by atoms with Crippen molar-refractivity contribution in [1.82, 2.24) is 14.9 Å². The molecule has 2 aliphatic heterocycles. The number of carbonyl (C=O) groups is 3. The molecule has 46 heavy (non-hydrogen) atoms. The van der Waals surface area contributed by atoms with E-state index >= 15 is 0 Å². The molecular weight excluding hydrogens is 661 g/mol. The van der Waals surface area contributed by atoms with E-state index < -0.39 is 47.8 Å². The minimum atomic E-state index is -5.08. The van der Waals surface area contributed by atoms with Crippen LogP contribution in [0.5, 0.6) is 0 Å². The number of carboxylic acid groups (broad SMARTS) is 3. The first-order valence-electron chi connectivity index (χ1n) is 12.5. The van der Waals surface area contributed by atoms with Crippen molar-refractivity contribution in [3.05, 3.63) is 54.6 Å². The lowest BCUT2D eigenvalue weighted by atomic mass is 9.75.